The highest BCUT2D eigenvalue weighted by Gasteiger charge is 2.25. The summed E-state index contributed by atoms with van der Waals surface area (Å²) in [6.45, 7) is 2.84. The van der Waals surface area contributed by atoms with Crippen molar-refractivity contribution in [1.82, 2.24) is 14.9 Å². The third-order valence-corrected chi connectivity index (χ3v) is 5.91. The second-order valence-corrected chi connectivity index (χ2v) is 7.75. The number of rotatable bonds is 7. The number of thiophene rings is 1. The quantitative estimate of drug-likeness (QED) is 0.361. The van der Waals surface area contributed by atoms with Gasteiger partial charge in [0.15, 0.2) is 0 Å². The van der Waals surface area contributed by atoms with E-state index < -0.39 is 0 Å². The molecule has 3 aromatic rings. The summed E-state index contributed by atoms with van der Waals surface area (Å²) in [5.41, 5.74) is 1.20. The molecule has 4 rings (SSSR count). The lowest BCUT2D eigenvalue weighted by atomic mass is 10.1. The number of nitro benzene ring substituents is 1. The fourth-order valence-corrected chi connectivity index (χ4v) is 4.16. The molecule has 0 radical (unpaired) electrons. The Morgan fingerprint density at radius 3 is 2.76 bits per heavy atom. The molecular formula is C19H20N6O3S. The van der Waals surface area contributed by atoms with E-state index in [0.29, 0.717) is 55.1 Å². The topological polar surface area (TPSA) is 104 Å². The first-order valence-corrected chi connectivity index (χ1v) is 10.2. The average molecular weight is 412 g/mol. The summed E-state index contributed by atoms with van der Waals surface area (Å²) in [7, 11) is 0. The highest BCUT2D eigenvalue weighted by Crippen LogP contribution is 2.35. The van der Waals surface area contributed by atoms with Crippen molar-refractivity contribution in [3.63, 3.8) is 0 Å². The zero-order valence-electron chi connectivity index (χ0n) is 15.7. The van der Waals surface area contributed by atoms with Crippen molar-refractivity contribution >= 4 is 45.8 Å². The molecule has 29 heavy (non-hydrogen) atoms. The molecule has 150 valence electrons. The molecule has 9 nitrogen and oxygen atoms in total. The van der Waals surface area contributed by atoms with Crippen LogP contribution in [-0.2, 0) is 11.2 Å². The Morgan fingerprint density at radius 1 is 1.24 bits per heavy atom. The van der Waals surface area contributed by atoms with Gasteiger partial charge in [0.25, 0.3) is 5.69 Å². The standard InChI is InChI=1S/C19H20N6O3S/c26-13-23-5-7-24(8-6-23)17-11-16-15(10-18(17)25(27)28)19(22-12-21-16)20-4-3-14-2-1-9-29-14/h1-2,9-13H,3-8H2,(H,20,21,22). The van der Waals surface area contributed by atoms with Gasteiger partial charge in [0.05, 0.1) is 10.4 Å². The molecule has 1 aromatic carbocycles. The summed E-state index contributed by atoms with van der Waals surface area (Å²) in [6, 6.07) is 7.38. The predicted molar refractivity (Wildman–Crippen MR) is 113 cm³/mol. The van der Waals surface area contributed by atoms with E-state index in [4.69, 9.17) is 0 Å². The number of nitro groups is 1. The number of anilines is 2. The van der Waals surface area contributed by atoms with Gasteiger partial charge in [0.1, 0.15) is 17.8 Å². The second-order valence-electron chi connectivity index (χ2n) is 6.72. The van der Waals surface area contributed by atoms with Crippen molar-refractivity contribution in [2.75, 3.05) is 42.9 Å². The number of piperazine rings is 1. The van der Waals surface area contributed by atoms with Crippen molar-refractivity contribution < 1.29 is 9.72 Å². The van der Waals surface area contributed by atoms with Crippen LogP contribution in [-0.4, -0.2) is 58.9 Å². The maximum Gasteiger partial charge on any atom is 0.293 e. The summed E-state index contributed by atoms with van der Waals surface area (Å²) < 4.78 is 0. The van der Waals surface area contributed by atoms with Gasteiger partial charge in [-0.25, -0.2) is 9.97 Å². The number of benzene rings is 1. The Bertz CT molecular complexity index is 1020. The molecule has 0 bridgehead atoms. The zero-order valence-corrected chi connectivity index (χ0v) is 16.5. The first-order chi connectivity index (χ1) is 14.2. The SMILES string of the molecule is O=CN1CCN(c2cc3ncnc(NCCc4cccs4)c3cc2[N+](=O)[O-])CC1. The van der Waals surface area contributed by atoms with Crippen LogP contribution in [0.15, 0.2) is 36.0 Å². The third kappa shape index (κ3) is 4.11. The minimum absolute atomic E-state index is 0.0214. The van der Waals surface area contributed by atoms with Crippen LogP contribution in [0.25, 0.3) is 10.9 Å². The Hall–Kier alpha value is -3.27. The molecule has 0 saturated carbocycles. The molecule has 1 fully saturated rings. The lowest BCUT2D eigenvalue weighted by Gasteiger charge is -2.33. The van der Waals surface area contributed by atoms with E-state index in [1.54, 1.807) is 28.4 Å². The zero-order chi connectivity index (χ0) is 20.2. The van der Waals surface area contributed by atoms with E-state index in [1.807, 2.05) is 16.3 Å². The van der Waals surface area contributed by atoms with Gasteiger partial charge in [-0.3, -0.25) is 14.9 Å². The Balaban J connectivity index is 1.62. The van der Waals surface area contributed by atoms with Crippen molar-refractivity contribution in [2.45, 2.75) is 6.42 Å². The maximum absolute atomic E-state index is 11.8. The van der Waals surface area contributed by atoms with Crippen LogP contribution in [0.4, 0.5) is 17.2 Å². The van der Waals surface area contributed by atoms with Crippen LogP contribution in [0.1, 0.15) is 4.88 Å². The van der Waals surface area contributed by atoms with Crippen molar-refractivity contribution in [2.24, 2.45) is 0 Å². The number of carbonyl (C=O) groups excluding carboxylic acids is 1. The average Bonchev–Trinajstić information content (AvgIpc) is 3.26. The van der Waals surface area contributed by atoms with Crippen molar-refractivity contribution in [1.29, 1.82) is 0 Å². The summed E-state index contributed by atoms with van der Waals surface area (Å²) in [4.78, 5) is 35.8. The Labute approximate surface area is 171 Å². The van der Waals surface area contributed by atoms with E-state index in [-0.39, 0.29) is 10.6 Å². The van der Waals surface area contributed by atoms with Crippen LogP contribution >= 0.6 is 11.3 Å². The minimum atomic E-state index is -0.372. The van der Waals surface area contributed by atoms with Crippen molar-refractivity contribution in [3.8, 4) is 0 Å². The van der Waals surface area contributed by atoms with Crippen LogP contribution in [0.2, 0.25) is 0 Å². The highest BCUT2D eigenvalue weighted by atomic mass is 32.1. The van der Waals surface area contributed by atoms with Crippen LogP contribution in [0, 0.1) is 10.1 Å². The Kier molecular flexibility index (Phi) is 5.52. The molecule has 1 saturated heterocycles. The van der Waals surface area contributed by atoms with E-state index in [9.17, 15) is 14.9 Å². The summed E-state index contributed by atoms with van der Waals surface area (Å²) in [6.07, 6.45) is 3.13. The largest absolute Gasteiger partial charge is 0.369 e. The van der Waals surface area contributed by atoms with Gasteiger partial charge in [-0.1, -0.05) is 6.07 Å². The fraction of sp³-hybridized carbons (Fsp3) is 0.316. The summed E-state index contributed by atoms with van der Waals surface area (Å²) in [5.74, 6) is 0.590. The van der Waals surface area contributed by atoms with E-state index in [2.05, 4.69) is 21.4 Å². The van der Waals surface area contributed by atoms with Gasteiger partial charge < -0.3 is 15.1 Å². The molecule has 1 amide bonds. The van der Waals surface area contributed by atoms with Gasteiger partial charge in [-0.2, -0.15) is 0 Å². The van der Waals surface area contributed by atoms with Crippen LogP contribution in [0.5, 0.6) is 0 Å². The number of carbonyl (C=O) groups is 1. The molecule has 1 aliphatic rings. The fourth-order valence-electron chi connectivity index (χ4n) is 3.45. The maximum atomic E-state index is 11.8. The number of amides is 1. The van der Waals surface area contributed by atoms with Gasteiger partial charge >= 0.3 is 0 Å². The summed E-state index contributed by atoms with van der Waals surface area (Å²) >= 11 is 1.69. The first-order valence-electron chi connectivity index (χ1n) is 9.29. The lowest BCUT2D eigenvalue weighted by Crippen LogP contribution is -2.45. The van der Waals surface area contributed by atoms with Gasteiger partial charge in [-0.05, 0) is 23.9 Å². The van der Waals surface area contributed by atoms with E-state index in [1.165, 1.54) is 11.2 Å². The smallest absolute Gasteiger partial charge is 0.293 e. The molecule has 0 unspecified atom stereocenters. The van der Waals surface area contributed by atoms with Crippen LogP contribution < -0.4 is 10.2 Å². The molecule has 1 N–H and O–H groups in total. The van der Waals surface area contributed by atoms with Gasteiger partial charge in [0, 0.05) is 49.1 Å². The van der Waals surface area contributed by atoms with E-state index in [0.717, 1.165) is 12.8 Å². The molecule has 2 aromatic heterocycles. The van der Waals surface area contributed by atoms with E-state index >= 15 is 0 Å². The third-order valence-electron chi connectivity index (χ3n) is 4.98. The number of hydrogen-bond acceptors (Lipinski definition) is 8. The molecule has 0 aliphatic carbocycles. The minimum Gasteiger partial charge on any atom is -0.369 e. The molecule has 0 atom stereocenters. The van der Waals surface area contributed by atoms with Gasteiger partial charge in [-0.15, -0.1) is 11.3 Å². The number of nitrogens with one attached hydrogen (secondary N) is 1. The van der Waals surface area contributed by atoms with Crippen molar-refractivity contribution in [3.05, 3.63) is 51.0 Å². The number of hydrogen-bond donors (Lipinski definition) is 1. The predicted octanol–water partition coefficient (Wildman–Crippen LogP) is 2.53. The Morgan fingerprint density at radius 2 is 2.07 bits per heavy atom. The first kappa shape index (κ1) is 19.1. The number of nitrogens with zero attached hydrogens (tertiary/aromatic N) is 5. The van der Waals surface area contributed by atoms with Gasteiger partial charge in [0.2, 0.25) is 6.41 Å². The number of fused-ring (bicyclic) bond motifs is 1. The van der Waals surface area contributed by atoms with Crippen LogP contribution in [0.3, 0.4) is 0 Å². The second kappa shape index (κ2) is 8.39. The molecule has 10 heteroatoms. The molecule has 1 aliphatic heterocycles. The lowest BCUT2D eigenvalue weighted by molar-refractivity contribution is -0.384. The monoisotopic (exact) mass is 412 g/mol. The normalized spacial score (nSPS) is 14.2. The molecule has 0 spiro atoms. The highest BCUT2D eigenvalue weighted by molar-refractivity contribution is 7.09. The number of aromatic nitrogens is 2. The molecule has 3 heterocycles. The summed E-state index contributed by atoms with van der Waals surface area (Å²) in [5, 5.41) is 17.7. The molecular weight excluding hydrogens is 392 g/mol.